The Labute approximate surface area is 171 Å². The molecule has 0 aliphatic rings. The number of aromatic nitrogens is 1. The van der Waals surface area contributed by atoms with Gasteiger partial charge in [0, 0.05) is 12.3 Å². The van der Waals surface area contributed by atoms with Crippen LogP contribution in [-0.2, 0) is 20.9 Å². The van der Waals surface area contributed by atoms with Crippen LogP contribution >= 0.6 is 11.3 Å². The topological polar surface area (TPSA) is 68.7 Å². The number of halogens is 1. The standard InChI is InChI=1S/C21H19FN2O4S/c1-14(28-19-10-8-16(22)9-11-19)20(26)27-12-17-13-29-21(23-17)24(15(2)25)18-6-4-3-5-7-18/h3-11,13-14H,12H2,1-2H3. The van der Waals surface area contributed by atoms with Crippen molar-refractivity contribution >= 4 is 34.0 Å². The van der Waals surface area contributed by atoms with Crippen LogP contribution in [0.3, 0.4) is 0 Å². The van der Waals surface area contributed by atoms with Crippen molar-refractivity contribution in [3.63, 3.8) is 0 Å². The van der Waals surface area contributed by atoms with Gasteiger partial charge in [0.2, 0.25) is 5.91 Å². The minimum atomic E-state index is -0.864. The van der Waals surface area contributed by atoms with Crippen LogP contribution in [0.15, 0.2) is 60.0 Å². The van der Waals surface area contributed by atoms with Crippen molar-refractivity contribution in [2.24, 2.45) is 0 Å². The molecule has 0 aliphatic heterocycles. The minimum absolute atomic E-state index is 0.0486. The third-order valence-electron chi connectivity index (χ3n) is 3.88. The molecular formula is C21H19FN2O4S. The van der Waals surface area contributed by atoms with Gasteiger partial charge in [-0.2, -0.15) is 0 Å². The molecule has 3 rings (SSSR count). The number of esters is 1. The van der Waals surface area contributed by atoms with Gasteiger partial charge in [-0.1, -0.05) is 18.2 Å². The van der Waals surface area contributed by atoms with E-state index in [1.807, 2.05) is 30.3 Å². The molecule has 8 heteroatoms. The molecule has 1 atom stereocenters. The van der Waals surface area contributed by atoms with E-state index < -0.39 is 12.1 Å². The predicted octanol–water partition coefficient (Wildman–Crippen LogP) is 4.48. The van der Waals surface area contributed by atoms with Crippen LogP contribution in [0.25, 0.3) is 0 Å². The lowest BCUT2D eigenvalue weighted by Gasteiger charge is -2.17. The van der Waals surface area contributed by atoms with E-state index in [2.05, 4.69) is 4.98 Å². The Bertz CT molecular complexity index is 976. The molecule has 1 aromatic heterocycles. The lowest BCUT2D eigenvalue weighted by molar-refractivity contribution is -0.152. The summed E-state index contributed by atoms with van der Waals surface area (Å²) in [5, 5.41) is 2.22. The zero-order valence-electron chi connectivity index (χ0n) is 15.9. The number of carbonyl (C=O) groups excluding carboxylic acids is 2. The van der Waals surface area contributed by atoms with Crippen LogP contribution in [0.2, 0.25) is 0 Å². The first-order valence-corrected chi connectivity index (χ1v) is 9.71. The maximum Gasteiger partial charge on any atom is 0.347 e. The molecule has 1 unspecified atom stereocenters. The second kappa shape index (κ2) is 9.29. The maximum atomic E-state index is 12.9. The summed E-state index contributed by atoms with van der Waals surface area (Å²) in [7, 11) is 0. The molecular weight excluding hydrogens is 395 g/mol. The van der Waals surface area contributed by atoms with E-state index in [0.717, 1.165) is 0 Å². The van der Waals surface area contributed by atoms with Crippen molar-refractivity contribution in [2.45, 2.75) is 26.6 Å². The summed E-state index contributed by atoms with van der Waals surface area (Å²) in [5.74, 6) is -0.764. The summed E-state index contributed by atoms with van der Waals surface area (Å²) in [6, 6.07) is 14.5. The van der Waals surface area contributed by atoms with Gasteiger partial charge in [0.1, 0.15) is 18.2 Å². The lowest BCUT2D eigenvalue weighted by atomic mass is 10.3. The van der Waals surface area contributed by atoms with Gasteiger partial charge in [0.05, 0.1) is 11.4 Å². The molecule has 29 heavy (non-hydrogen) atoms. The van der Waals surface area contributed by atoms with Crippen LogP contribution in [0, 0.1) is 5.82 Å². The first-order valence-electron chi connectivity index (χ1n) is 8.83. The van der Waals surface area contributed by atoms with Crippen molar-refractivity contribution in [1.29, 1.82) is 0 Å². The molecule has 0 fully saturated rings. The molecule has 0 bridgehead atoms. The van der Waals surface area contributed by atoms with E-state index in [4.69, 9.17) is 9.47 Å². The normalized spacial score (nSPS) is 11.6. The minimum Gasteiger partial charge on any atom is -0.479 e. The molecule has 150 valence electrons. The highest BCUT2D eigenvalue weighted by Gasteiger charge is 2.20. The zero-order chi connectivity index (χ0) is 20.8. The van der Waals surface area contributed by atoms with Gasteiger partial charge in [0.25, 0.3) is 0 Å². The Kier molecular flexibility index (Phi) is 6.56. The van der Waals surface area contributed by atoms with Gasteiger partial charge < -0.3 is 9.47 Å². The molecule has 6 nitrogen and oxygen atoms in total. The Morgan fingerprint density at radius 3 is 2.48 bits per heavy atom. The van der Waals surface area contributed by atoms with Crippen LogP contribution in [0.1, 0.15) is 19.5 Å². The van der Waals surface area contributed by atoms with E-state index in [0.29, 0.717) is 22.3 Å². The smallest absolute Gasteiger partial charge is 0.347 e. The molecule has 0 aliphatic carbocycles. The average molecular weight is 414 g/mol. The molecule has 0 N–H and O–H groups in total. The fourth-order valence-electron chi connectivity index (χ4n) is 2.50. The summed E-state index contributed by atoms with van der Waals surface area (Å²) >= 11 is 1.28. The van der Waals surface area contributed by atoms with Crippen molar-refractivity contribution in [2.75, 3.05) is 4.90 Å². The maximum absolute atomic E-state index is 12.9. The summed E-state index contributed by atoms with van der Waals surface area (Å²) < 4.78 is 23.6. The average Bonchev–Trinajstić information content (AvgIpc) is 3.17. The van der Waals surface area contributed by atoms with Gasteiger partial charge in [-0.15, -0.1) is 11.3 Å². The SMILES string of the molecule is CC(=O)N(c1ccccc1)c1nc(COC(=O)C(C)Oc2ccc(F)cc2)cs1. The van der Waals surface area contributed by atoms with E-state index in [9.17, 15) is 14.0 Å². The Balaban J connectivity index is 1.60. The zero-order valence-corrected chi connectivity index (χ0v) is 16.7. The van der Waals surface area contributed by atoms with Gasteiger partial charge in [-0.05, 0) is 43.3 Å². The number of para-hydroxylation sites is 1. The summed E-state index contributed by atoms with van der Waals surface area (Å²) in [4.78, 5) is 30.1. The molecule has 2 aromatic carbocycles. The number of hydrogen-bond donors (Lipinski definition) is 0. The van der Waals surface area contributed by atoms with Crippen LogP contribution < -0.4 is 9.64 Å². The lowest BCUT2D eigenvalue weighted by Crippen LogP contribution is -2.26. The van der Waals surface area contributed by atoms with Gasteiger partial charge in [-0.3, -0.25) is 9.69 Å². The molecule has 0 spiro atoms. The van der Waals surface area contributed by atoms with Gasteiger partial charge in [0.15, 0.2) is 11.2 Å². The van der Waals surface area contributed by atoms with E-state index in [-0.39, 0.29) is 18.3 Å². The van der Waals surface area contributed by atoms with Crippen molar-refractivity contribution in [3.8, 4) is 5.75 Å². The molecule has 1 heterocycles. The predicted molar refractivity (Wildman–Crippen MR) is 108 cm³/mol. The number of benzene rings is 2. The van der Waals surface area contributed by atoms with Gasteiger partial charge >= 0.3 is 5.97 Å². The largest absolute Gasteiger partial charge is 0.479 e. The Hall–Kier alpha value is -3.26. The number of amides is 1. The van der Waals surface area contributed by atoms with Crippen molar-refractivity contribution < 1.29 is 23.5 Å². The molecule has 0 saturated carbocycles. The van der Waals surface area contributed by atoms with Crippen LogP contribution in [0.4, 0.5) is 15.2 Å². The van der Waals surface area contributed by atoms with E-state index in [1.54, 1.807) is 12.3 Å². The molecule has 3 aromatic rings. The van der Waals surface area contributed by atoms with E-state index >= 15 is 0 Å². The highest BCUT2D eigenvalue weighted by Crippen LogP contribution is 2.29. The molecule has 0 radical (unpaired) electrons. The second-order valence-corrected chi connectivity index (χ2v) is 6.97. The summed E-state index contributed by atoms with van der Waals surface area (Å²) in [6.07, 6.45) is -0.864. The number of thiazole rings is 1. The number of rotatable bonds is 7. The number of ether oxygens (including phenoxy) is 2. The fraction of sp³-hybridized carbons (Fsp3) is 0.190. The van der Waals surface area contributed by atoms with Crippen molar-refractivity contribution in [1.82, 2.24) is 4.98 Å². The Morgan fingerprint density at radius 2 is 1.83 bits per heavy atom. The van der Waals surface area contributed by atoms with Crippen molar-refractivity contribution in [3.05, 3.63) is 71.5 Å². The highest BCUT2D eigenvalue weighted by atomic mass is 32.1. The third kappa shape index (κ3) is 5.39. The summed E-state index contributed by atoms with van der Waals surface area (Å²) in [5.41, 5.74) is 1.23. The van der Waals surface area contributed by atoms with E-state index in [1.165, 1.54) is 47.4 Å². The summed E-state index contributed by atoms with van der Waals surface area (Å²) in [6.45, 7) is 2.96. The first kappa shape index (κ1) is 20.5. The van der Waals surface area contributed by atoms with Gasteiger partial charge in [-0.25, -0.2) is 14.2 Å². The Morgan fingerprint density at radius 1 is 1.14 bits per heavy atom. The third-order valence-corrected chi connectivity index (χ3v) is 4.76. The second-order valence-electron chi connectivity index (χ2n) is 6.13. The quantitative estimate of drug-likeness (QED) is 0.533. The number of carbonyl (C=O) groups is 2. The molecule has 1 amide bonds. The van der Waals surface area contributed by atoms with Crippen LogP contribution in [0.5, 0.6) is 5.75 Å². The highest BCUT2D eigenvalue weighted by molar-refractivity contribution is 7.14. The number of nitrogens with zero attached hydrogens (tertiary/aromatic N) is 2. The van der Waals surface area contributed by atoms with Crippen LogP contribution in [-0.4, -0.2) is 23.0 Å². The first-order chi connectivity index (χ1) is 13.9. The number of hydrogen-bond acceptors (Lipinski definition) is 6. The fourth-order valence-corrected chi connectivity index (χ4v) is 3.37. The monoisotopic (exact) mass is 414 g/mol. The number of anilines is 2. The molecule has 0 saturated heterocycles.